The minimum atomic E-state index is -5.14. The van der Waals surface area contributed by atoms with Crippen LogP contribution in [0.4, 0.5) is 26.3 Å². The molecule has 0 unspecified atom stereocenters. The third-order valence-electron chi connectivity index (χ3n) is 4.13. The first-order chi connectivity index (χ1) is 15.8. The number of aromatic amines is 1. The molecule has 3 heterocycles. The van der Waals surface area contributed by atoms with Gasteiger partial charge in [0.05, 0.1) is 17.0 Å². The summed E-state index contributed by atoms with van der Waals surface area (Å²) in [6.07, 6.45) is -8.33. The summed E-state index contributed by atoms with van der Waals surface area (Å²) >= 11 is 0. The number of nitrogens with one attached hydrogen (secondary N) is 1. The van der Waals surface area contributed by atoms with Crippen LogP contribution in [-0.2, 0) is 32.0 Å². The fraction of sp³-hybridized carbons (Fsp3) is 0.235. The number of nitrogens with zero attached hydrogens (tertiary/aromatic N) is 4. The average Bonchev–Trinajstić information content (AvgIpc) is 2.71. The average molecular weight is 543 g/mol. The normalized spacial score (nSPS) is 13.1. The zero-order chi connectivity index (χ0) is 26.6. The molecule has 188 valence electrons. The Kier molecular flexibility index (Phi) is 6.26. The molecule has 1 N–H and O–H groups in total. The second-order valence-corrected chi connectivity index (χ2v) is 10.8. The molecule has 0 atom stereocenters. The van der Waals surface area contributed by atoms with Gasteiger partial charge in [0.1, 0.15) is 11.4 Å². The van der Waals surface area contributed by atoms with Crippen molar-refractivity contribution in [3.05, 3.63) is 46.1 Å². The molecule has 0 aromatic carbocycles. The van der Waals surface area contributed by atoms with E-state index in [1.165, 1.54) is 0 Å². The van der Waals surface area contributed by atoms with Crippen molar-refractivity contribution in [2.75, 3.05) is 12.5 Å². The number of halogens is 6. The van der Waals surface area contributed by atoms with Crippen molar-refractivity contribution in [3.8, 4) is 22.5 Å². The first-order valence-electron chi connectivity index (χ1n) is 8.83. The van der Waals surface area contributed by atoms with Crippen LogP contribution in [0.1, 0.15) is 11.4 Å². The summed E-state index contributed by atoms with van der Waals surface area (Å²) in [6.45, 7) is 0. The molecule has 0 saturated heterocycles. The lowest BCUT2D eigenvalue weighted by Gasteiger charge is -2.12. The Morgan fingerprint density at radius 1 is 0.714 bits per heavy atom. The first-order valence-corrected chi connectivity index (χ1v) is 12.6. The SMILES string of the molecule is CS(=O)(=O)c1nc(-c2c[nH]c(=O)c(-c3cc(C(F)(F)F)nc(S(C)(=O)=O)n3)c2)cc(C(F)(F)F)n1. The van der Waals surface area contributed by atoms with E-state index in [-0.39, 0.29) is 11.6 Å². The summed E-state index contributed by atoms with van der Waals surface area (Å²) in [7, 11) is -8.72. The van der Waals surface area contributed by atoms with Crippen molar-refractivity contribution in [2.24, 2.45) is 0 Å². The summed E-state index contributed by atoms with van der Waals surface area (Å²) in [5, 5.41) is -2.45. The lowest BCUT2D eigenvalue weighted by molar-refractivity contribution is -0.142. The highest BCUT2D eigenvalue weighted by Crippen LogP contribution is 2.33. The summed E-state index contributed by atoms with van der Waals surface area (Å²) in [6, 6.07) is 1.39. The molecule has 3 aromatic rings. The predicted octanol–water partition coefficient (Wildman–Crippen LogP) is 2.13. The van der Waals surface area contributed by atoms with Crippen LogP contribution in [0.25, 0.3) is 22.5 Å². The van der Waals surface area contributed by atoms with E-state index < -0.39 is 76.2 Å². The van der Waals surface area contributed by atoms with Gasteiger partial charge in [-0.1, -0.05) is 0 Å². The van der Waals surface area contributed by atoms with Crippen molar-refractivity contribution < 1.29 is 43.2 Å². The summed E-state index contributed by atoms with van der Waals surface area (Å²) in [5.41, 5.74) is -6.96. The van der Waals surface area contributed by atoms with E-state index in [1.807, 2.05) is 0 Å². The van der Waals surface area contributed by atoms with E-state index in [2.05, 4.69) is 24.9 Å². The number of aromatic nitrogens is 5. The highest BCUT2D eigenvalue weighted by Gasteiger charge is 2.36. The van der Waals surface area contributed by atoms with Gasteiger partial charge < -0.3 is 4.98 Å². The van der Waals surface area contributed by atoms with Crippen molar-refractivity contribution in [1.82, 2.24) is 24.9 Å². The van der Waals surface area contributed by atoms with Crippen LogP contribution in [0.5, 0.6) is 0 Å². The predicted molar refractivity (Wildman–Crippen MR) is 105 cm³/mol. The molecule has 3 aromatic heterocycles. The van der Waals surface area contributed by atoms with Crippen molar-refractivity contribution in [2.45, 2.75) is 22.7 Å². The van der Waals surface area contributed by atoms with Crippen LogP contribution >= 0.6 is 0 Å². The van der Waals surface area contributed by atoms with Gasteiger partial charge in [0, 0.05) is 24.3 Å². The lowest BCUT2D eigenvalue weighted by atomic mass is 10.1. The zero-order valence-corrected chi connectivity index (χ0v) is 18.9. The van der Waals surface area contributed by atoms with Gasteiger partial charge in [-0.25, -0.2) is 36.8 Å². The van der Waals surface area contributed by atoms with Crippen LogP contribution < -0.4 is 5.56 Å². The van der Waals surface area contributed by atoms with Gasteiger partial charge in [-0.2, -0.15) is 26.3 Å². The monoisotopic (exact) mass is 543 g/mol. The van der Waals surface area contributed by atoms with E-state index in [0.29, 0.717) is 18.6 Å². The summed E-state index contributed by atoms with van der Waals surface area (Å²) in [5.74, 6) is 0. The second kappa shape index (κ2) is 8.36. The molecule has 0 aliphatic carbocycles. The molecule has 10 nitrogen and oxygen atoms in total. The molecular formula is C17H11F6N5O5S2. The second-order valence-electron chi connectivity index (χ2n) is 7.01. The number of alkyl halides is 6. The van der Waals surface area contributed by atoms with Gasteiger partial charge in [0.15, 0.2) is 0 Å². The molecule has 0 fully saturated rings. The topological polar surface area (TPSA) is 153 Å². The molecule has 0 saturated carbocycles. The van der Waals surface area contributed by atoms with E-state index in [9.17, 15) is 48.0 Å². The summed E-state index contributed by atoms with van der Waals surface area (Å²) < 4.78 is 127. The van der Waals surface area contributed by atoms with Crippen molar-refractivity contribution in [1.29, 1.82) is 0 Å². The van der Waals surface area contributed by atoms with Crippen molar-refractivity contribution in [3.63, 3.8) is 0 Å². The molecule has 0 spiro atoms. The van der Waals surface area contributed by atoms with Gasteiger partial charge >= 0.3 is 12.4 Å². The Balaban J connectivity index is 2.32. The van der Waals surface area contributed by atoms with Gasteiger partial charge in [-0.05, 0) is 18.2 Å². The van der Waals surface area contributed by atoms with Crippen LogP contribution in [0, 0.1) is 0 Å². The third kappa shape index (κ3) is 5.81. The van der Waals surface area contributed by atoms with Crippen LogP contribution in [0.2, 0.25) is 0 Å². The Bertz CT molecular complexity index is 1600. The Hall–Kier alpha value is -3.41. The maximum atomic E-state index is 13.3. The zero-order valence-electron chi connectivity index (χ0n) is 17.2. The minimum Gasteiger partial charge on any atom is -0.328 e. The number of H-pyrrole nitrogens is 1. The van der Waals surface area contributed by atoms with Crippen molar-refractivity contribution >= 4 is 19.7 Å². The smallest absolute Gasteiger partial charge is 0.328 e. The highest BCUT2D eigenvalue weighted by atomic mass is 32.2. The Morgan fingerprint density at radius 3 is 1.57 bits per heavy atom. The maximum Gasteiger partial charge on any atom is 0.433 e. The highest BCUT2D eigenvalue weighted by molar-refractivity contribution is 7.90. The molecule has 3 rings (SSSR count). The van der Waals surface area contributed by atoms with Crippen LogP contribution in [0.15, 0.2) is 39.5 Å². The number of sulfone groups is 2. The third-order valence-corrected chi connectivity index (χ3v) is 5.82. The standard InChI is InChI=1S/C17H11F6N5O5S2/c1-34(30,31)14-25-9(4-11(27-14)16(18,19)20)7-3-8(13(29)24-6-7)10-5-12(17(21,22)23)28-15(26-10)35(2,32)33/h3-6H,1-2H3,(H,24,29). The van der Waals surface area contributed by atoms with Crippen LogP contribution in [0.3, 0.4) is 0 Å². The summed E-state index contributed by atoms with van der Waals surface area (Å²) in [4.78, 5) is 27.3. The first kappa shape index (κ1) is 26.2. The fourth-order valence-corrected chi connectivity index (χ4v) is 3.64. The Labute approximate surface area is 192 Å². The molecule has 0 bridgehead atoms. The fourth-order valence-electron chi connectivity index (χ4n) is 2.58. The molecule has 0 aliphatic heterocycles. The van der Waals surface area contributed by atoms with E-state index in [1.54, 1.807) is 0 Å². The number of hydrogen-bond donors (Lipinski definition) is 1. The molecular weight excluding hydrogens is 532 g/mol. The van der Waals surface area contributed by atoms with E-state index >= 15 is 0 Å². The van der Waals surface area contributed by atoms with E-state index in [0.717, 1.165) is 12.3 Å². The lowest BCUT2D eigenvalue weighted by Crippen LogP contribution is -2.17. The minimum absolute atomic E-state index is 0.270. The Morgan fingerprint density at radius 2 is 1.14 bits per heavy atom. The quantitative estimate of drug-likeness (QED) is 0.385. The largest absolute Gasteiger partial charge is 0.433 e. The molecule has 0 amide bonds. The molecule has 0 aliphatic rings. The van der Waals surface area contributed by atoms with Gasteiger partial charge in [0.25, 0.3) is 5.56 Å². The molecule has 0 radical (unpaired) electrons. The van der Waals surface area contributed by atoms with Gasteiger partial charge in [0.2, 0.25) is 30.0 Å². The number of hydrogen-bond acceptors (Lipinski definition) is 9. The van der Waals surface area contributed by atoms with Gasteiger partial charge in [-0.15, -0.1) is 0 Å². The number of rotatable bonds is 4. The maximum absolute atomic E-state index is 13.3. The van der Waals surface area contributed by atoms with Crippen LogP contribution in [-0.4, -0.2) is 54.3 Å². The molecule has 18 heteroatoms. The van der Waals surface area contributed by atoms with E-state index in [4.69, 9.17) is 0 Å². The van der Waals surface area contributed by atoms with Gasteiger partial charge in [-0.3, -0.25) is 4.79 Å². The molecule has 35 heavy (non-hydrogen) atoms. The number of pyridine rings is 1.